The maximum Gasteiger partial charge on any atom is 0.379 e. The maximum absolute atomic E-state index is 11.8. The Hall–Kier alpha value is -2.69. The Morgan fingerprint density at radius 1 is 1.05 bits per heavy atom. The number of nitriles is 1. The highest BCUT2D eigenvalue weighted by atomic mass is 32.2. The number of hydrogen-bond acceptors (Lipinski definition) is 8. The van der Waals surface area contributed by atoms with Crippen LogP contribution in [0.4, 0.5) is 24.0 Å². The van der Waals surface area contributed by atoms with E-state index in [2.05, 4.69) is 50.4 Å². The molecule has 0 radical (unpaired) electrons. The summed E-state index contributed by atoms with van der Waals surface area (Å²) < 4.78 is 45.9. The zero-order valence-electron chi connectivity index (χ0n) is 23.6. The van der Waals surface area contributed by atoms with Gasteiger partial charge < -0.3 is 19.9 Å². The molecule has 4 fully saturated rings. The summed E-state index contributed by atoms with van der Waals surface area (Å²) in [6.07, 6.45) is 9.24. The van der Waals surface area contributed by atoms with Gasteiger partial charge in [0.05, 0.1) is 24.2 Å². The van der Waals surface area contributed by atoms with Gasteiger partial charge in [0.15, 0.2) is 5.13 Å². The van der Waals surface area contributed by atoms with Gasteiger partial charge in [-0.2, -0.15) is 18.4 Å². The average molecular weight is 626 g/mol. The lowest BCUT2D eigenvalue weighted by atomic mass is 9.88. The first-order valence-corrected chi connectivity index (χ1v) is 16.7. The highest BCUT2D eigenvalue weighted by Crippen LogP contribution is 2.36. The van der Waals surface area contributed by atoms with Crippen molar-refractivity contribution in [3.05, 3.63) is 30.5 Å². The molecule has 0 spiro atoms. The minimum Gasteiger partial charge on any atom is -0.378 e. The quantitative estimate of drug-likeness (QED) is 0.492. The third-order valence-corrected chi connectivity index (χ3v) is 10.2. The van der Waals surface area contributed by atoms with Gasteiger partial charge in [-0.1, -0.05) is 42.7 Å². The van der Waals surface area contributed by atoms with Crippen molar-refractivity contribution >= 4 is 38.9 Å². The first-order valence-electron chi connectivity index (χ1n) is 14.4. The van der Waals surface area contributed by atoms with Crippen LogP contribution in [0.25, 0.3) is 10.4 Å². The Balaban J connectivity index is 0.000000190. The standard InChI is InChI=1S/C17H21N3O2S2.C11H16N2O.CHF3/c21-24-11-7-19(8-12-24)15-3-1-14(2-4-15)16-13-18-17(23-16)20-5-9-22-10-6-20;12-8-11(6-7-11)13-10(14)9-4-2-1-3-5-9;2-1(3)4/h1-4,13H,5-12H2;9H,1-7H2,(H,13,14);1H. The first-order chi connectivity index (χ1) is 20.3. The minimum absolute atomic E-state index is 0.115. The molecule has 2 saturated carbocycles. The van der Waals surface area contributed by atoms with Crippen LogP contribution in [0.15, 0.2) is 30.5 Å². The highest BCUT2D eigenvalue weighted by molar-refractivity contribution is 7.85. The number of aromatic nitrogens is 1. The van der Waals surface area contributed by atoms with E-state index in [4.69, 9.17) is 10.00 Å². The number of alkyl halides is 3. The number of nitrogens with zero attached hydrogens (tertiary/aromatic N) is 4. The summed E-state index contributed by atoms with van der Waals surface area (Å²) in [5.74, 6) is 1.84. The zero-order chi connectivity index (χ0) is 30.0. The predicted molar refractivity (Wildman–Crippen MR) is 160 cm³/mol. The number of amides is 1. The average Bonchev–Trinajstić information content (AvgIpc) is 3.61. The number of carbonyl (C=O) groups is 1. The molecular weight excluding hydrogens is 587 g/mol. The van der Waals surface area contributed by atoms with Gasteiger partial charge in [-0.25, -0.2) is 4.98 Å². The molecular formula is C29H38F3N5O3S2. The van der Waals surface area contributed by atoms with Crippen molar-refractivity contribution in [3.63, 3.8) is 0 Å². The molecule has 1 aromatic carbocycles. The maximum atomic E-state index is 11.8. The first kappa shape index (κ1) is 32.2. The molecule has 2 aromatic rings. The van der Waals surface area contributed by atoms with E-state index in [1.807, 2.05) is 6.20 Å². The largest absolute Gasteiger partial charge is 0.379 e. The fourth-order valence-electron chi connectivity index (χ4n) is 5.12. The van der Waals surface area contributed by atoms with E-state index in [9.17, 15) is 22.2 Å². The monoisotopic (exact) mass is 625 g/mol. The molecule has 1 amide bonds. The lowest BCUT2D eigenvalue weighted by Crippen LogP contribution is -2.40. The summed E-state index contributed by atoms with van der Waals surface area (Å²) in [5.41, 5.74) is 1.94. The van der Waals surface area contributed by atoms with Crippen molar-refractivity contribution < 1.29 is 26.9 Å². The van der Waals surface area contributed by atoms with Gasteiger partial charge in [-0.3, -0.25) is 9.00 Å². The molecule has 0 unspecified atom stereocenters. The number of nitrogens with one attached hydrogen (secondary N) is 1. The molecule has 1 N–H and O–H groups in total. The Bertz CT molecular complexity index is 1200. The van der Waals surface area contributed by atoms with E-state index < -0.39 is 23.0 Å². The SMILES string of the molecule is FC(F)F.N#CC1(NC(=O)C2CCCCC2)CC1.O=S1CCN(c2ccc(-c3cnc(N4CCOCC4)s3)cc2)CC1. The summed E-state index contributed by atoms with van der Waals surface area (Å²) in [6.45, 7) is 1.50. The third-order valence-electron chi connectivity index (χ3n) is 7.77. The number of thiazole rings is 1. The summed E-state index contributed by atoms with van der Waals surface area (Å²) in [6, 6.07) is 10.8. The van der Waals surface area contributed by atoms with Crippen LogP contribution in [0.5, 0.6) is 0 Å². The molecule has 0 bridgehead atoms. The molecule has 42 heavy (non-hydrogen) atoms. The van der Waals surface area contributed by atoms with Crippen LogP contribution in [-0.2, 0) is 20.3 Å². The van der Waals surface area contributed by atoms with E-state index in [1.54, 1.807) is 11.3 Å². The summed E-state index contributed by atoms with van der Waals surface area (Å²) in [5, 5.41) is 12.8. The highest BCUT2D eigenvalue weighted by Gasteiger charge is 2.45. The van der Waals surface area contributed by atoms with Gasteiger partial charge >= 0.3 is 6.68 Å². The molecule has 2 aliphatic carbocycles. The number of halogens is 3. The van der Waals surface area contributed by atoms with Crippen LogP contribution in [0, 0.1) is 17.2 Å². The number of carbonyl (C=O) groups excluding carboxylic acids is 1. The van der Waals surface area contributed by atoms with Crippen LogP contribution in [0.3, 0.4) is 0 Å². The predicted octanol–water partition coefficient (Wildman–Crippen LogP) is 5.13. The van der Waals surface area contributed by atoms with Crippen molar-refractivity contribution in [2.24, 2.45) is 5.92 Å². The summed E-state index contributed by atoms with van der Waals surface area (Å²) in [7, 11) is -0.631. The lowest BCUT2D eigenvalue weighted by molar-refractivity contribution is -0.126. The fourth-order valence-corrected chi connectivity index (χ4v) is 7.15. The fraction of sp³-hybridized carbons (Fsp3) is 0.621. The van der Waals surface area contributed by atoms with E-state index in [-0.39, 0.29) is 11.8 Å². The van der Waals surface area contributed by atoms with Crippen molar-refractivity contribution in [3.8, 4) is 16.5 Å². The Morgan fingerprint density at radius 2 is 1.67 bits per heavy atom. The van der Waals surface area contributed by atoms with Gasteiger partial charge in [0.1, 0.15) is 5.54 Å². The number of benzene rings is 1. The number of ether oxygens (including phenoxy) is 1. The van der Waals surface area contributed by atoms with Gasteiger partial charge in [-0.15, -0.1) is 0 Å². The normalized spacial score (nSPS) is 20.5. The Labute approximate surface area is 251 Å². The second kappa shape index (κ2) is 15.7. The third kappa shape index (κ3) is 9.67. The summed E-state index contributed by atoms with van der Waals surface area (Å²) in [4.78, 5) is 22.1. The summed E-state index contributed by atoms with van der Waals surface area (Å²) >= 11 is 1.74. The lowest BCUT2D eigenvalue weighted by Gasteiger charge is -2.28. The van der Waals surface area contributed by atoms with Crippen molar-refractivity contribution in [1.82, 2.24) is 10.3 Å². The van der Waals surface area contributed by atoms with Gasteiger partial charge in [0.25, 0.3) is 0 Å². The number of hydrogen-bond donors (Lipinski definition) is 1. The molecule has 3 heterocycles. The topological polar surface area (TPSA) is 98.6 Å². The van der Waals surface area contributed by atoms with Gasteiger partial charge in [0, 0.05) is 66.3 Å². The van der Waals surface area contributed by atoms with Gasteiger partial charge in [0.2, 0.25) is 5.91 Å². The Morgan fingerprint density at radius 3 is 2.24 bits per heavy atom. The second-order valence-corrected chi connectivity index (χ2v) is 13.5. The van der Waals surface area contributed by atoms with Crippen LogP contribution in [-0.4, -0.2) is 78.2 Å². The Kier molecular flexibility index (Phi) is 12.0. The second-order valence-electron chi connectivity index (χ2n) is 10.8. The zero-order valence-corrected chi connectivity index (χ0v) is 25.2. The van der Waals surface area contributed by atoms with Crippen molar-refractivity contribution in [1.29, 1.82) is 5.26 Å². The van der Waals surface area contributed by atoms with Crippen LogP contribution < -0.4 is 15.1 Å². The molecule has 0 atom stereocenters. The van der Waals surface area contributed by atoms with E-state index in [0.717, 1.165) is 94.6 Å². The molecule has 2 aliphatic heterocycles. The van der Waals surface area contributed by atoms with Crippen molar-refractivity contribution in [2.75, 3.05) is 60.7 Å². The van der Waals surface area contributed by atoms with E-state index in [1.165, 1.54) is 22.5 Å². The van der Waals surface area contributed by atoms with Crippen molar-refractivity contribution in [2.45, 2.75) is 57.2 Å². The van der Waals surface area contributed by atoms with Gasteiger partial charge in [-0.05, 0) is 43.4 Å². The van der Waals surface area contributed by atoms with E-state index >= 15 is 0 Å². The smallest absolute Gasteiger partial charge is 0.378 e. The molecule has 13 heteroatoms. The van der Waals surface area contributed by atoms with Crippen LogP contribution in [0.2, 0.25) is 0 Å². The number of rotatable bonds is 5. The molecule has 1 aromatic heterocycles. The molecule has 2 saturated heterocycles. The minimum atomic E-state index is -3.67. The molecule has 230 valence electrons. The molecule has 8 nitrogen and oxygen atoms in total. The van der Waals surface area contributed by atoms with Crippen LogP contribution in [0.1, 0.15) is 44.9 Å². The molecule has 4 aliphatic rings. The molecule has 6 rings (SSSR count). The number of morpholine rings is 1. The van der Waals surface area contributed by atoms with E-state index in [0.29, 0.717) is 0 Å². The van der Waals surface area contributed by atoms with Crippen LogP contribution >= 0.6 is 11.3 Å². The number of anilines is 2.